The maximum absolute atomic E-state index is 5.88. The Hall–Kier alpha value is -1.000. The predicted molar refractivity (Wildman–Crippen MR) is 116 cm³/mol. The van der Waals surface area contributed by atoms with Crippen LogP contribution in [0.5, 0.6) is 0 Å². The standard InChI is InChI=1S/C16H23ClN6S.HI/c1-18-16(19-8-2-3-10-23-12-21-22-13-23)20-9-11-24-15-6-4-14(17)5-7-15;/h4-7,12-13H,2-3,8-11H2,1H3,(H2,18,19,20);1H. The van der Waals surface area contributed by atoms with Crippen LogP contribution in [0.1, 0.15) is 12.8 Å². The summed E-state index contributed by atoms with van der Waals surface area (Å²) in [5.74, 6) is 1.81. The van der Waals surface area contributed by atoms with Crippen molar-refractivity contribution in [2.75, 3.05) is 25.9 Å². The van der Waals surface area contributed by atoms with Gasteiger partial charge in [0.05, 0.1) is 0 Å². The average molecular weight is 495 g/mol. The first-order valence-corrected chi connectivity index (χ1v) is 9.29. The minimum atomic E-state index is 0. The molecule has 0 bridgehead atoms. The molecule has 6 nitrogen and oxygen atoms in total. The van der Waals surface area contributed by atoms with Crippen LogP contribution in [0, 0.1) is 0 Å². The Balaban J connectivity index is 0.00000312. The lowest BCUT2D eigenvalue weighted by atomic mass is 10.3. The number of hydrogen-bond acceptors (Lipinski definition) is 4. The van der Waals surface area contributed by atoms with Crippen molar-refractivity contribution in [2.45, 2.75) is 24.3 Å². The monoisotopic (exact) mass is 494 g/mol. The van der Waals surface area contributed by atoms with E-state index < -0.39 is 0 Å². The zero-order valence-electron chi connectivity index (χ0n) is 14.2. The van der Waals surface area contributed by atoms with Crippen LogP contribution in [0.4, 0.5) is 0 Å². The van der Waals surface area contributed by atoms with E-state index in [1.165, 1.54) is 4.90 Å². The third kappa shape index (κ3) is 9.31. The third-order valence-electron chi connectivity index (χ3n) is 3.30. The van der Waals surface area contributed by atoms with Gasteiger partial charge in [0, 0.05) is 42.4 Å². The SMILES string of the molecule is CN=C(NCCCCn1cnnc1)NCCSc1ccc(Cl)cc1.I. The number of halogens is 2. The molecule has 0 spiro atoms. The second-order valence-corrected chi connectivity index (χ2v) is 6.74. The zero-order valence-corrected chi connectivity index (χ0v) is 18.1. The first-order chi connectivity index (χ1) is 11.8. The van der Waals surface area contributed by atoms with Crippen LogP contribution in [0.2, 0.25) is 5.02 Å². The highest BCUT2D eigenvalue weighted by molar-refractivity contribution is 14.0. The van der Waals surface area contributed by atoms with Gasteiger partial charge < -0.3 is 15.2 Å². The molecular weight excluding hydrogens is 471 g/mol. The number of hydrogen-bond donors (Lipinski definition) is 2. The van der Waals surface area contributed by atoms with Crippen LogP contribution in [0.15, 0.2) is 46.8 Å². The Labute approximate surface area is 175 Å². The number of benzene rings is 1. The van der Waals surface area contributed by atoms with Gasteiger partial charge in [0.25, 0.3) is 0 Å². The molecule has 0 aliphatic carbocycles. The largest absolute Gasteiger partial charge is 0.356 e. The van der Waals surface area contributed by atoms with Crippen molar-refractivity contribution in [3.05, 3.63) is 41.9 Å². The number of unbranched alkanes of at least 4 members (excludes halogenated alkanes) is 1. The van der Waals surface area contributed by atoms with Gasteiger partial charge in [0.15, 0.2) is 5.96 Å². The van der Waals surface area contributed by atoms with E-state index in [0.717, 1.165) is 49.2 Å². The second kappa shape index (κ2) is 13.2. The number of aliphatic imine (C=N–C) groups is 1. The van der Waals surface area contributed by atoms with Gasteiger partial charge in [-0.1, -0.05) is 11.6 Å². The molecule has 25 heavy (non-hydrogen) atoms. The van der Waals surface area contributed by atoms with Gasteiger partial charge in [0.1, 0.15) is 12.7 Å². The summed E-state index contributed by atoms with van der Waals surface area (Å²) in [6, 6.07) is 7.90. The molecule has 0 unspecified atom stereocenters. The van der Waals surface area contributed by atoms with Crippen molar-refractivity contribution >= 4 is 53.3 Å². The van der Waals surface area contributed by atoms with Crippen LogP contribution in [-0.2, 0) is 6.54 Å². The minimum absolute atomic E-state index is 0. The first-order valence-electron chi connectivity index (χ1n) is 7.93. The number of nitrogens with one attached hydrogen (secondary N) is 2. The Bertz CT molecular complexity index is 606. The lowest BCUT2D eigenvalue weighted by molar-refractivity contribution is 0.598. The normalized spacial score (nSPS) is 11.0. The van der Waals surface area contributed by atoms with Crippen molar-refractivity contribution in [3.8, 4) is 0 Å². The van der Waals surface area contributed by atoms with Crippen LogP contribution in [0.3, 0.4) is 0 Å². The van der Waals surface area contributed by atoms with Crippen molar-refractivity contribution in [3.63, 3.8) is 0 Å². The van der Waals surface area contributed by atoms with Gasteiger partial charge in [-0.25, -0.2) is 0 Å². The van der Waals surface area contributed by atoms with E-state index in [0.29, 0.717) is 0 Å². The van der Waals surface area contributed by atoms with Gasteiger partial charge in [-0.15, -0.1) is 45.9 Å². The number of guanidine groups is 1. The Morgan fingerprint density at radius 2 is 1.80 bits per heavy atom. The molecule has 9 heteroatoms. The average Bonchev–Trinajstić information content (AvgIpc) is 3.11. The van der Waals surface area contributed by atoms with Crippen LogP contribution >= 0.6 is 47.3 Å². The Morgan fingerprint density at radius 1 is 1.12 bits per heavy atom. The zero-order chi connectivity index (χ0) is 17.0. The van der Waals surface area contributed by atoms with Gasteiger partial charge in [-0.05, 0) is 37.1 Å². The molecule has 2 aromatic rings. The lowest BCUT2D eigenvalue weighted by Gasteiger charge is -2.11. The first kappa shape index (κ1) is 22.0. The van der Waals surface area contributed by atoms with E-state index in [1.54, 1.807) is 31.5 Å². The summed E-state index contributed by atoms with van der Waals surface area (Å²) in [4.78, 5) is 5.45. The van der Waals surface area contributed by atoms with Crippen molar-refractivity contribution in [2.24, 2.45) is 4.99 Å². The quantitative estimate of drug-likeness (QED) is 0.184. The summed E-state index contributed by atoms with van der Waals surface area (Å²) in [5.41, 5.74) is 0. The number of aromatic nitrogens is 3. The molecule has 2 N–H and O–H groups in total. The van der Waals surface area contributed by atoms with Crippen LogP contribution < -0.4 is 10.6 Å². The molecule has 1 aromatic carbocycles. The molecule has 2 rings (SSSR count). The maximum Gasteiger partial charge on any atom is 0.191 e. The summed E-state index contributed by atoms with van der Waals surface area (Å²) in [6.45, 7) is 2.69. The molecule has 0 atom stereocenters. The van der Waals surface area contributed by atoms with E-state index in [9.17, 15) is 0 Å². The fourth-order valence-electron chi connectivity index (χ4n) is 2.05. The van der Waals surface area contributed by atoms with Crippen LogP contribution in [-0.4, -0.2) is 46.6 Å². The van der Waals surface area contributed by atoms with E-state index >= 15 is 0 Å². The highest BCUT2D eigenvalue weighted by Crippen LogP contribution is 2.19. The number of aryl methyl sites for hydroxylation is 1. The lowest BCUT2D eigenvalue weighted by Crippen LogP contribution is -2.38. The summed E-state index contributed by atoms with van der Waals surface area (Å²) >= 11 is 7.67. The van der Waals surface area contributed by atoms with Crippen molar-refractivity contribution in [1.29, 1.82) is 0 Å². The minimum Gasteiger partial charge on any atom is -0.356 e. The second-order valence-electron chi connectivity index (χ2n) is 5.13. The van der Waals surface area contributed by atoms with E-state index in [-0.39, 0.29) is 24.0 Å². The smallest absolute Gasteiger partial charge is 0.191 e. The number of nitrogens with zero attached hydrogens (tertiary/aromatic N) is 4. The molecule has 0 radical (unpaired) electrons. The van der Waals surface area contributed by atoms with Crippen molar-refractivity contribution < 1.29 is 0 Å². The molecule has 138 valence electrons. The molecule has 0 amide bonds. The number of thioether (sulfide) groups is 1. The predicted octanol–water partition coefficient (Wildman–Crippen LogP) is 3.29. The fraction of sp³-hybridized carbons (Fsp3) is 0.438. The fourth-order valence-corrected chi connectivity index (χ4v) is 2.95. The Kier molecular flexibility index (Phi) is 11.7. The molecule has 0 aliphatic rings. The van der Waals surface area contributed by atoms with Gasteiger partial charge in [0.2, 0.25) is 0 Å². The summed E-state index contributed by atoms with van der Waals surface area (Å²) in [7, 11) is 1.79. The Morgan fingerprint density at radius 3 is 2.48 bits per heavy atom. The highest BCUT2D eigenvalue weighted by atomic mass is 127. The van der Waals surface area contributed by atoms with E-state index in [4.69, 9.17) is 11.6 Å². The molecule has 1 aromatic heterocycles. The molecule has 0 saturated heterocycles. The molecule has 1 heterocycles. The highest BCUT2D eigenvalue weighted by Gasteiger charge is 1.98. The maximum atomic E-state index is 5.88. The molecular formula is C16H24ClIN6S. The summed E-state index contributed by atoms with van der Waals surface area (Å²) in [6.07, 6.45) is 5.63. The topological polar surface area (TPSA) is 67.1 Å². The molecule has 0 saturated carbocycles. The van der Waals surface area contributed by atoms with Crippen molar-refractivity contribution in [1.82, 2.24) is 25.4 Å². The third-order valence-corrected chi connectivity index (χ3v) is 4.57. The van der Waals surface area contributed by atoms with Gasteiger partial charge in [-0.2, -0.15) is 0 Å². The van der Waals surface area contributed by atoms with E-state index in [1.807, 2.05) is 28.8 Å². The van der Waals surface area contributed by atoms with Gasteiger partial charge >= 0.3 is 0 Å². The number of rotatable bonds is 9. The summed E-state index contributed by atoms with van der Waals surface area (Å²) < 4.78 is 1.99. The van der Waals surface area contributed by atoms with E-state index in [2.05, 4.69) is 25.8 Å². The summed E-state index contributed by atoms with van der Waals surface area (Å²) in [5, 5.41) is 15.0. The molecule has 0 aliphatic heterocycles. The van der Waals surface area contributed by atoms with Crippen LogP contribution in [0.25, 0.3) is 0 Å². The molecule has 0 fully saturated rings. The van der Waals surface area contributed by atoms with Gasteiger partial charge in [-0.3, -0.25) is 4.99 Å².